The Morgan fingerprint density at radius 3 is 2.87 bits per heavy atom. The number of ketones is 1. The third-order valence-electron chi connectivity index (χ3n) is 4.27. The molecule has 1 aliphatic rings. The zero-order valence-corrected chi connectivity index (χ0v) is 13.7. The van der Waals surface area contributed by atoms with Gasteiger partial charge in [0.1, 0.15) is 0 Å². The molecule has 3 rings (SSSR count). The number of hydrogen-bond donors (Lipinski definition) is 0. The van der Waals surface area contributed by atoms with Crippen molar-refractivity contribution in [1.29, 1.82) is 0 Å². The average molecular weight is 332 g/mol. The molecule has 0 spiro atoms. The number of aryl methyl sites for hydroxylation is 1. The SMILES string of the molecule is Cc1ccc(C(=O)N2CCC[C@H]2CC(=O)c2ccco2)cc1Cl. The van der Waals surface area contributed by atoms with E-state index in [9.17, 15) is 9.59 Å². The molecule has 4 nitrogen and oxygen atoms in total. The number of benzene rings is 1. The molecule has 5 heteroatoms. The zero-order chi connectivity index (χ0) is 16.4. The molecular formula is C18H18ClNO3. The van der Waals surface area contributed by atoms with Gasteiger partial charge in [0.15, 0.2) is 11.5 Å². The lowest BCUT2D eigenvalue weighted by atomic mass is 10.1. The lowest BCUT2D eigenvalue weighted by Gasteiger charge is -2.24. The summed E-state index contributed by atoms with van der Waals surface area (Å²) >= 11 is 6.12. The quantitative estimate of drug-likeness (QED) is 0.792. The van der Waals surface area contributed by atoms with Gasteiger partial charge in [0.25, 0.3) is 5.91 Å². The summed E-state index contributed by atoms with van der Waals surface area (Å²) in [5, 5.41) is 0.582. The van der Waals surface area contributed by atoms with E-state index in [2.05, 4.69) is 0 Å². The lowest BCUT2D eigenvalue weighted by molar-refractivity contribution is 0.0713. The van der Waals surface area contributed by atoms with Gasteiger partial charge in [-0.05, 0) is 49.6 Å². The highest BCUT2D eigenvalue weighted by molar-refractivity contribution is 6.31. The van der Waals surface area contributed by atoms with Crippen LogP contribution in [0.5, 0.6) is 0 Å². The standard InChI is InChI=1S/C18H18ClNO3/c1-12-6-7-13(10-15(12)19)18(22)20-8-2-4-14(20)11-16(21)17-5-3-9-23-17/h3,5-7,9-10,14H,2,4,8,11H2,1H3/t14-/m0/s1. The van der Waals surface area contributed by atoms with Crippen molar-refractivity contribution in [2.75, 3.05) is 6.54 Å². The number of amides is 1. The fraction of sp³-hybridized carbons (Fsp3) is 0.333. The topological polar surface area (TPSA) is 50.5 Å². The van der Waals surface area contributed by atoms with E-state index in [1.54, 1.807) is 29.2 Å². The molecular weight excluding hydrogens is 314 g/mol. The van der Waals surface area contributed by atoms with Crippen LogP contribution in [0.1, 0.15) is 45.7 Å². The van der Waals surface area contributed by atoms with Crippen LogP contribution in [0.3, 0.4) is 0 Å². The van der Waals surface area contributed by atoms with Crippen LogP contribution < -0.4 is 0 Å². The molecule has 1 aromatic heterocycles. The molecule has 0 aliphatic carbocycles. The number of halogens is 1. The van der Waals surface area contributed by atoms with Gasteiger partial charge in [0, 0.05) is 29.6 Å². The maximum absolute atomic E-state index is 12.7. The van der Waals surface area contributed by atoms with Crippen molar-refractivity contribution < 1.29 is 14.0 Å². The number of carbonyl (C=O) groups is 2. The summed E-state index contributed by atoms with van der Waals surface area (Å²) < 4.78 is 5.14. The van der Waals surface area contributed by atoms with Crippen molar-refractivity contribution in [3.05, 3.63) is 58.5 Å². The molecule has 1 amide bonds. The first kappa shape index (κ1) is 15.8. The minimum atomic E-state index is -0.0832. The van der Waals surface area contributed by atoms with Gasteiger partial charge in [-0.15, -0.1) is 0 Å². The van der Waals surface area contributed by atoms with Gasteiger partial charge in [0.2, 0.25) is 0 Å². The van der Waals surface area contributed by atoms with Gasteiger partial charge in [-0.2, -0.15) is 0 Å². The van der Waals surface area contributed by atoms with Gasteiger partial charge < -0.3 is 9.32 Å². The van der Waals surface area contributed by atoms with Crippen molar-refractivity contribution in [3.8, 4) is 0 Å². The second kappa shape index (κ2) is 6.59. The summed E-state index contributed by atoms with van der Waals surface area (Å²) in [6.07, 6.45) is 3.51. The summed E-state index contributed by atoms with van der Waals surface area (Å²) in [5.41, 5.74) is 1.51. The first-order chi connectivity index (χ1) is 11.1. The number of likely N-dealkylation sites (tertiary alicyclic amines) is 1. The Morgan fingerprint density at radius 2 is 2.17 bits per heavy atom. The van der Waals surface area contributed by atoms with Gasteiger partial charge >= 0.3 is 0 Å². The minimum absolute atomic E-state index is 0.0679. The molecule has 0 bridgehead atoms. The summed E-state index contributed by atoms with van der Waals surface area (Å²) in [6.45, 7) is 2.57. The molecule has 1 atom stereocenters. The van der Waals surface area contributed by atoms with E-state index < -0.39 is 0 Å². The number of carbonyl (C=O) groups excluding carboxylic acids is 2. The fourth-order valence-electron chi connectivity index (χ4n) is 2.96. The zero-order valence-electron chi connectivity index (χ0n) is 12.9. The highest BCUT2D eigenvalue weighted by atomic mass is 35.5. The summed E-state index contributed by atoms with van der Waals surface area (Å²) in [5.74, 6) is 0.214. The first-order valence-corrected chi connectivity index (χ1v) is 8.08. The van der Waals surface area contributed by atoms with Crippen LogP contribution >= 0.6 is 11.6 Å². The van der Waals surface area contributed by atoms with Crippen LogP contribution in [-0.2, 0) is 0 Å². The number of nitrogens with zero attached hydrogens (tertiary/aromatic N) is 1. The Morgan fingerprint density at radius 1 is 1.35 bits per heavy atom. The van der Waals surface area contributed by atoms with E-state index in [1.165, 1.54) is 6.26 Å². The maximum atomic E-state index is 12.7. The second-order valence-electron chi connectivity index (χ2n) is 5.86. The lowest BCUT2D eigenvalue weighted by Crippen LogP contribution is -2.36. The normalized spacial score (nSPS) is 17.5. The van der Waals surface area contributed by atoms with Crippen LogP contribution in [0.25, 0.3) is 0 Å². The average Bonchev–Trinajstić information content (AvgIpc) is 3.20. The van der Waals surface area contributed by atoms with Crippen LogP contribution in [-0.4, -0.2) is 29.2 Å². The summed E-state index contributed by atoms with van der Waals surface area (Å²) in [6, 6.07) is 8.59. The predicted octanol–water partition coefficient (Wildman–Crippen LogP) is 4.12. The van der Waals surface area contributed by atoms with Crippen LogP contribution in [0.4, 0.5) is 0 Å². The molecule has 1 aliphatic heterocycles. The maximum Gasteiger partial charge on any atom is 0.254 e. The van der Waals surface area contributed by atoms with Gasteiger partial charge in [0.05, 0.1) is 6.26 Å². The van der Waals surface area contributed by atoms with Crippen LogP contribution in [0.15, 0.2) is 41.0 Å². The molecule has 0 radical (unpaired) electrons. The Kier molecular flexibility index (Phi) is 4.53. The second-order valence-corrected chi connectivity index (χ2v) is 6.27. The van der Waals surface area contributed by atoms with Crippen LogP contribution in [0, 0.1) is 6.92 Å². The number of hydrogen-bond acceptors (Lipinski definition) is 3. The molecule has 1 aromatic carbocycles. The van der Waals surface area contributed by atoms with E-state index in [1.807, 2.05) is 13.0 Å². The molecule has 0 unspecified atom stereocenters. The fourth-order valence-corrected chi connectivity index (χ4v) is 3.14. The largest absolute Gasteiger partial charge is 0.461 e. The molecule has 120 valence electrons. The third kappa shape index (κ3) is 3.32. The van der Waals surface area contributed by atoms with Crippen molar-refractivity contribution in [2.45, 2.75) is 32.2 Å². The number of furan rings is 1. The van der Waals surface area contributed by atoms with E-state index in [-0.39, 0.29) is 17.7 Å². The summed E-state index contributed by atoms with van der Waals surface area (Å²) in [7, 11) is 0. The van der Waals surface area contributed by atoms with E-state index in [0.29, 0.717) is 29.3 Å². The molecule has 1 saturated heterocycles. The van der Waals surface area contributed by atoms with Crippen LogP contribution in [0.2, 0.25) is 5.02 Å². The third-order valence-corrected chi connectivity index (χ3v) is 4.68. The highest BCUT2D eigenvalue weighted by Gasteiger charge is 2.31. The molecule has 2 heterocycles. The van der Waals surface area contributed by atoms with E-state index in [4.69, 9.17) is 16.0 Å². The summed E-state index contributed by atoms with van der Waals surface area (Å²) in [4.78, 5) is 26.7. The van der Waals surface area contributed by atoms with Gasteiger partial charge in [-0.1, -0.05) is 17.7 Å². The van der Waals surface area contributed by atoms with Crippen molar-refractivity contribution in [3.63, 3.8) is 0 Å². The smallest absolute Gasteiger partial charge is 0.254 e. The molecule has 2 aromatic rings. The molecule has 1 fully saturated rings. The predicted molar refractivity (Wildman–Crippen MR) is 87.9 cm³/mol. The van der Waals surface area contributed by atoms with Crippen molar-refractivity contribution in [2.24, 2.45) is 0 Å². The van der Waals surface area contributed by atoms with Gasteiger partial charge in [-0.25, -0.2) is 0 Å². The molecule has 23 heavy (non-hydrogen) atoms. The first-order valence-electron chi connectivity index (χ1n) is 7.70. The Bertz CT molecular complexity index is 724. The van der Waals surface area contributed by atoms with Crippen molar-refractivity contribution >= 4 is 23.3 Å². The molecule has 0 N–H and O–H groups in total. The van der Waals surface area contributed by atoms with Gasteiger partial charge in [-0.3, -0.25) is 9.59 Å². The Balaban J connectivity index is 1.74. The highest BCUT2D eigenvalue weighted by Crippen LogP contribution is 2.25. The van der Waals surface area contributed by atoms with E-state index in [0.717, 1.165) is 18.4 Å². The number of rotatable bonds is 4. The number of Topliss-reactive ketones (excluding diaryl/α,β-unsaturated/α-hetero) is 1. The Hall–Kier alpha value is -2.07. The monoisotopic (exact) mass is 331 g/mol. The molecule has 0 saturated carbocycles. The van der Waals surface area contributed by atoms with Crippen molar-refractivity contribution in [1.82, 2.24) is 4.90 Å². The Labute approximate surface area is 140 Å². The minimum Gasteiger partial charge on any atom is -0.461 e. The van der Waals surface area contributed by atoms with E-state index >= 15 is 0 Å².